The molecule has 2 aromatic rings. The predicted octanol–water partition coefficient (Wildman–Crippen LogP) is 2.21. The van der Waals surface area contributed by atoms with Crippen molar-refractivity contribution in [3.8, 4) is 11.5 Å². The van der Waals surface area contributed by atoms with Gasteiger partial charge in [-0.05, 0) is 29.8 Å². The van der Waals surface area contributed by atoms with Gasteiger partial charge in [-0.25, -0.2) is 0 Å². The molecule has 0 bridgehead atoms. The number of anilines is 1. The second-order valence-corrected chi connectivity index (χ2v) is 5.64. The fourth-order valence-electron chi connectivity index (χ4n) is 2.36. The number of nitrogens with one attached hydrogen (secondary N) is 1. The van der Waals surface area contributed by atoms with Crippen LogP contribution in [0, 0.1) is 0 Å². The van der Waals surface area contributed by atoms with E-state index in [1.54, 1.807) is 6.07 Å². The average Bonchev–Trinajstić information content (AvgIpc) is 2.59. The summed E-state index contributed by atoms with van der Waals surface area (Å²) in [6.45, 7) is 0.691. The zero-order valence-electron chi connectivity index (χ0n) is 13.3. The highest BCUT2D eigenvalue weighted by molar-refractivity contribution is 5.81. The number of carbonyl (C=O) groups is 1. The van der Waals surface area contributed by atoms with Crippen LogP contribution in [-0.4, -0.2) is 32.7 Å². The van der Waals surface area contributed by atoms with E-state index in [1.807, 2.05) is 61.5 Å². The number of rotatable bonds is 4. The Labute approximate surface area is 135 Å². The third kappa shape index (κ3) is 3.56. The molecule has 0 spiro atoms. The van der Waals surface area contributed by atoms with Crippen LogP contribution in [0.5, 0.6) is 11.5 Å². The van der Waals surface area contributed by atoms with E-state index in [-0.39, 0.29) is 12.5 Å². The molecule has 0 aromatic heterocycles. The maximum Gasteiger partial charge on any atom is 0.264 e. The lowest BCUT2D eigenvalue weighted by Crippen LogP contribution is -2.43. The Balaban J connectivity index is 1.56. The number of ether oxygens (including phenoxy) is 2. The van der Waals surface area contributed by atoms with Crippen LogP contribution in [0.25, 0.3) is 0 Å². The topological polar surface area (TPSA) is 50.8 Å². The van der Waals surface area contributed by atoms with Gasteiger partial charge in [0.15, 0.2) is 11.5 Å². The van der Waals surface area contributed by atoms with Gasteiger partial charge >= 0.3 is 0 Å². The quantitative estimate of drug-likeness (QED) is 0.940. The monoisotopic (exact) mass is 312 g/mol. The fourth-order valence-corrected chi connectivity index (χ4v) is 2.36. The molecule has 0 saturated carbocycles. The van der Waals surface area contributed by atoms with Gasteiger partial charge in [0, 0.05) is 26.3 Å². The summed E-state index contributed by atoms with van der Waals surface area (Å²) in [5, 5.41) is 2.89. The lowest BCUT2D eigenvalue weighted by atomic mass is 10.2. The van der Waals surface area contributed by atoms with E-state index in [4.69, 9.17) is 9.47 Å². The standard InChI is InChI=1S/C18H20N2O3/c1-20(2)14-9-7-13(8-10-14)11-19-18(21)17-12-22-15-5-3-4-6-16(15)23-17/h3-10,17H,11-12H2,1-2H3,(H,19,21). The minimum atomic E-state index is -0.619. The van der Waals surface area contributed by atoms with Gasteiger partial charge in [0.05, 0.1) is 0 Å². The van der Waals surface area contributed by atoms with Crippen molar-refractivity contribution >= 4 is 11.6 Å². The van der Waals surface area contributed by atoms with Gasteiger partial charge in [0.2, 0.25) is 6.10 Å². The van der Waals surface area contributed by atoms with Gasteiger partial charge in [0.1, 0.15) is 6.61 Å². The molecule has 1 N–H and O–H groups in total. The number of fused-ring (bicyclic) bond motifs is 1. The Bertz CT molecular complexity index is 683. The first-order valence-corrected chi connectivity index (χ1v) is 7.56. The Hall–Kier alpha value is -2.69. The number of hydrogen-bond acceptors (Lipinski definition) is 4. The Morgan fingerprint density at radius 1 is 1.13 bits per heavy atom. The van der Waals surface area contributed by atoms with Gasteiger partial charge in [-0.1, -0.05) is 24.3 Å². The first-order chi connectivity index (χ1) is 11.1. The molecule has 1 amide bonds. The fraction of sp³-hybridized carbons (Fsp3) is 0.278. The van der Waals surface area contributed by atoms with Crippen LogP contribution in [0.3, 0.4) is 0 Å². The maximum absolute atomic E-state index is 12.2. The Morgan fingerprint density at radius 3 is 2.52 bits per heavy atom. The molecule has 0 fully saturated rings. The summed E-state index contributed by atoms with van der Waals surface area (Å²) in [7, 11) is 3.99. The average molecular weight is 312 g/mol. The summed E-state index contributed by atoms with van der Waals surface area (Å²) < 4.78 is 11.2. The predicted molar refractivity (Wildman–Crippen MR) is 89.0 cm³/mol. The van der Waals surface area contributed by atoms with Crippen molar-refractivity contribution < 1.29 is 14.3 Å². The number of hydrogen-bond donors (Lipinski definition) is 1. The molecule has 0 saturated heterocycles. The molecule has 1 aliphatic heterocycles. The Morgan fingerprint density at radius 2 is 1.83 bits per heavy atom. The molecule has 0 radical (unpaired) electrons. The minimum absolute atomic E-state index is 0.170. The summed E-state index contributed by atoms with van der Waals surface area (Å²) >= 11 is 0. The van der Waals surface area contributed by atoms with Crippen LogP contribution in [-0.2, 0) is 11.3 Å². The first-order valence-electron chi connectivity index (χ1n) is 7.56. The third-order valence-corrected chi connectivity index (χ3v) is 3.72. The van der Waals surface area contributed by atoms with Crippen LogP contribution in [0.1, 0.15) is 5.56 Å². The highest BCUT2D eigenvalue weighted by Crippen LogP contribution is 2.30. The molecule has 5 nitrogen and oxygen atoms in total. The highest BCUT2D eigenvalue weighted by Gasteiger charge is 2.26. The van der Waals surface area contributed by atoms with E-state index in [2.05, 4.69) is 5.32 Å². The highest BCUT2D eigenvalue weighted by atomic mass is 16.6. The zero-order valence-corrected chi connectivity index (χ0v) is 13.3. The molecule has 5 heteroatoms. The van der Waals surface area contributed by atoms with E-state index < -0.39 is 6.10 Å². The molecule has 23 heavy (non-hydrogen) atoms. The van der Waals surface area contributed by atoms with Gasteiger partial charge in [-0.3, -0.25) is 4.79 Å². The van der Waals surface area contributed by atoms with Crippen molar-refractivity contribution in [2.24, 2.45) is 0 Å². The second-order valence-electron chi connectivity index (χ2n) is 5.64. The van der Waals surface area contributed by atoms with Gasteiger partial charge < -0.3 is 19.7 Å². The van der Waals surface area contributed by atoms with Crippen molar-refractivity contribution in [2.45, 2.75) is 12.6 Å². The summed E-state index contributed by atoms with van der Waals surface area (Å²) in [5.41, 5.74) is 2.17. The van der Waals surface area contributed by atoms with Crippen LogP contribution in [0.4, 0.5) is 5.69 Å². The normalized spacial score (nSPS) is 15.8. The van der Waals surface area contributed by atoms with Crippen molar-refractivity contribution in [1.29, 1.82) is 0 Å². The number of para-hydroxylation sites is 2. The van der Waals surface area contributed by atoms with Crippen LogP contribution >= 0.6 is 0 Å². The van der Waals surface area contributed by atoms with Gasteiger partial charge in [0.25, 0.3) is 5.91 Å². The molecular formula is C18H20N2O3. The molecule has 1 heterocycles. The van der Waals surface area contributed by atoms with Crippen LogP contribution < -0.4 is 19.7 Å². The summed E-state index contributed by atoms with van der Waals surface area (Å²) in [4.78, 5) is 14.3. The van der Waals surface area contributed by atoms with Gasteiger partial charge in [-0.2, -0.15) is 0 Å². The van der Waals surface area contributed by atoms with E-state index in [1.165, 1.54) is 0 Å². The van der Waals surface area contributed by atoms with Crippen LogP contribution in [0.2, 0.25) is 0 Å². The molecule has 1 atom stereocenters. The minimum Gasteiger partial charge on any atom is -0.485 e. The van der Waals surface area contributed by atoms with Crippen molar-refractivity contribution in [2.75, 3.05) is 25.6 Å². The molecule has 1 unspecified atom stereocenters. The third-order valence-electron chi connectivity index (χ3n) is 3.72. The lowest BCUT2D eigenvalue weighted by Gasteiger charge is -2.25. The Kier molecular flexibility index (Phi) is 4.37. The number of benzene rings is 2. The van der Waals surface area contributed by atoms with E-state index in [9.17, 15) is 4.79 Å². The van der Waals surface area contributed by atoms with E-state index in [0.29, 0.717) is 18.0 Å². The molecule has 3 rings (SSSR count). The lowest BCUT2D eigenvalue weighted by molar-refractivity contribution is -0.130. The number of amides is 1. The van der Waals surface area contributed by atoms with Gasteiger partial charge in [-0.15, -0.1) is 0 Å². The SMILES string of the molecule is CN(C)c1ccc(CNC(=O)C2COc3ccccc3O2)cc1. The largest absolute Gasteiger partial charge is 0.485 e. The van der Waals surface area contributed by atoms with E-state index in [0.717, 1.165) is 11.3 Å². The second kappa shape index (κ2) is 6.60. The van der Waals surface area contributed by atoms with Crippen molar-refractivity contribution in [1.82, 2.24) is 5.32 Å². The molecule has 120 valence electrons. The number of carbonyl (C=O) groups excluding carboxylic acids is 1. The summed E-state index contributed by atoms with van der Waals surface area (Å²) in [6.07, 6.45) is -0.619. The van der Waals surface area contributed by atoms with E-state index >= 15 is 0 Å². The molecule has 0 aliphatic carbocycles. The smallest absolute Gasteiger partial charge is 0.264 e. The molecular weight excluding hydrogens is 292 g/mol. The first kappa shape index (κ1) is 15.2. The summed E-state index contributed by atoms with van der Waals surface area (Å²) in [6, 6.07) is 15.4. The molecule has 1 aliphatic rings. The van der Waals surface area contributed by atoms with Crippen molar-refractivity contribution in [3.05, 3.63) is 54.1 Å². The van der Waals surface area contributed by atoms with Crippen molar-refractivity contribution in [3.63, 3.8) is 0 Å². The molecule has 2 aromatic carbocycles. The number of nitrogens with zero attached hydrogens (tertiary/aromatic N) is 1. The van der Waals surface area contributed by atoms with Crippen LogP contribution in [0.15, 0.2) is 48.5 Å². The zero-order chi connectivity index (χ0) is 16.2. The summed E-state index contributed by atoms with van der Waals surface area (Å²) in [5.74, 6) is 1.11. The maximum atomic E-state index is 12.2.